The number of carboxylic acids is 1. The minimum Gasteiger partial charge on any atom is -0.481 e. The van der Waals surface area contributed by atoms with Crippen LogP contribution in [0.2, 0.25) is 0 Å². The van der Waals surface area contributed by atoms with Gasteiger partial charge in [0.1, 0.15) is 0 Å². The summed E-state index contributed by atoms with van der Waals surface area (Å²) in [6.07, 6.45) is 0.0226. The van der Waals surface area contributed by atoms with Crippen LogP contribution in [-0.4, -0.2) is 41.6 Å². The molecule has 0 unspecified atom stereocenters. The lowest BCUT2D eigenvalue weighted by Gasteiger charge is -2.24. The van der Waals surface area contributed by atoms with Crippen molar-refractivity contribution in [2.45, 2.75) is 46.1 Å². The maximum atomic E-state index is 11.5. The van der Waals surface area contributed by atoms with E-state index in [-0.39, 0.29) is 25.3 Å². The van der Waals surface area contributed by atoms with Gasteiger partial charge in [-0.05, 0) is 19.8 Å². The van der Waals surface area contributed by atoms with Gasteiger partial charge in [-0.15, -0.1) is 0 Å². The van der Waals surface area contributed by atoms with Crippen molar-refractivity contribution in [3.63, 3.8) is 0 Å². The molecular formula is C13H25N3O4. The lowest BCUT2D eigenvalue weighted by atomic mass is 10.0. The molecule has 0 bridgehead atoms. The predicted molar refractivity (Wildman–Crippen MR) is 75.3 cm³/mol. The van der Waals surface area contributed by atoms with Crippen molar-refractivity contribution < 1.29 is 19.5 Å². The highest BCUT2D eigenvalue weighted by molar-refractivity contribution is 5.79. The van der Waals surface area contributed by atoms with Crippen molar-refractivity contribution in [2.24, 2.45) is 5.92 Å². The average molecular weight is 287 g/mol. The summed E-state index contributed by atoms with van der Waals surface area (Å²) >= 11 is 0. The lowest BCUT2D eigenvalue weighted by Crippen LogP contribution is -2.49. The highest BCUT2D eigenvalue weighted by Gasteiger charge is 2.23. The number of amides is 3. The summed E-state index contributed by atoms with van der Waals surface area (Å²) in [5, 5.41) is 16.5. The largest absolute Gasteiger partial charge is 0.481 e. The zero-order valence-corrected chi connectivity index (χ0v) is 12.6. The Kier molecular flexibility index (Phi) is 7.64. The minimum atomic E-state index is -0.983. The third-order valence-corrected chi connectivity index (χ3v) is 2.39. The molecule has 116 valence electrons. The Bertz CT molecular complexity index is 354. The Morgan fingerprint density at radius 1 is 1.15 bits per heavy atom. The molecule has 3 amide bonds. The molecule has 0 aromatic heterocycles. The summed E-state index contributed by atoms with van der Waals surface area (Å²) in [6.45, 7) is 8.05. The minimum absolute atomic E-state index is 0.121. The molecule has 0 saturated carbocycles. The van der Waals surface area contributed by atoms with E-state index in [9.17, 15) is 14.4 Å². The molecule has 0 aliphatic heterocycles. The number of hydrogen-bond donors (Lipinski definition) is 4. The van der Waals surface area contributed by atoms with Crippen LogP contribution in [0.25, 0.3) is 0 Å². The SMILES string of the molecule is CC(C)CNC(=O)CCNC(=O)NC(C)(C)CC(=O)O. The molecule has 0 atom stereocenters. The number of rotatable bonds is 8. The van der Waals surface area contributed by atoms with Crippen LogP contribution in [0.5, 0.6) is 0 Å². The highest BCUT2D eigenvalue weighted by atomic mass is 16.4. The topological polar surface area (TPSA) is 108 Å². The highest BCUT2D eigenvalue weighted by Crippen LogP contribution is 2.07. The van der Waals surface area contributed by atoms with Crippen molar-refractivity contribution in [3.8, 4) is 0 Å². The molecule has 0 aliphatic carbocycles. The van der Waals surface area contributed by atoms with E-state index in [1.54, 1.807) is 13.8 Å². The number of urea groups is 1. The molecule has 0 aliphatic rings. The summed E-state index contributed by atoms with van der Waals surface area (Å²) in [7, 11) is 0. The maximum Gasteiger partial charge on any atom is 0.315 e. The zero-order chi connectivity index (χ0) is 15.8. The van der Waals surface area contributed by atoms with E-state index >= 15 is 0 Å². The first-order chi connectivity index (χ1) is 9.12. The Labute approximate surface area is 119 Å². The first-order valence-electron chi connectivity index (χ1n) is 6.67. The molecule has 0 aromatic rings. The van der Waals surface area contributed by atoms with Gasteiger partial charge in [0.25, 0.3) is 0 Å². The number of nitrogens with one attached hydrogen (secondary N) is 3. The first-order valence-corrected chi connectivity index (χ1v) is 6.67. The van der Waals surface area contributed by atoms with Crippen LogP contribution in [0, 0.1) is 5.92 Å². The van der Waals surface area contributed by atoms with Crippen LogP contribution >= 0.6 is 0 Å². The molecule has 0 heterocycles. The molecule has 0 aromatic carbocycles. The smallest absolute Gasteiger partial charge is 0.315 e. The zero-order valence-electron chi connectivity index (χ0n) is 12.6. The molecule has 20 heavy (non-hydrogen) atoms. The van der Waals surface area contributed by atoms with E-state index in [1.807, 2.05) is 13.8 Å². The van der Waals surface area contributed by atoms with E-state index in [0.29, 0.717) is 12.5 Å². The Morgan fingerprint density at radius 2 is 1.75 bits per heavy atom. The van der Waals surface area contributed by atoms with Gasteiger partial charge < -0.3 is 21.1 Å². The quantitative estimate of drug-likeness (QED) is 0.527. The molecule has 7 heteroatoms. The van der Waals surface area contributed by atoms with Gasteiger partial charge >= 0.3 is 12.0 Å². The molecular weight excluding hydrogens is 262 g/mol. The molecule has 7 nitrogen and oxygen atoms in total. The standard InChI is InChI=1S/C13H25N3O4/c1-9(2)8-15-10(17)5-6-14-12(20)16-13(3,4)7-11(18)19/h9H,5-8H2,1-4H3,(H,15,17)(H,18,19)(H2,14,16,20). The summed E-state index contributed by atoms with van der Waals surface area (Å²) in [6, 6.07) is -0.479. The Morgan fingerprint density at radius 3 is 2.25 bits per heavy atom. The fourth-order valence-electron chi connectivity index (χ4n) is 1.47. The molecule has 0 rings (SSSR count). The summed E-state index contributed by atoms with van der Waals surface area (Å²) < 4.78 is 0. The Balaban J connectivity index is 3.88. The second-order valence-corrected chi connectivity index (χ2v) is 5.78. The van der Waals surface area contributed by atoms with Crippen molar-refractivity contribution in [1.29, 1.82) is 0 Å². The summed E-state index contributed by atoms with van der Waals surface area (Å²) in [5.41, 5.74) is -0.837. The number of carbonyl (C=O) groups is 3. The summed E-state index contributed by atoms with van der Waals surface area (Å²) in [5.74, 6) is -0.723. The van der Waals surface area contributed by atoms with Gasteiger partial charge in [0.2, 0.25) is 5.91 Å². The monoisotopic (exact) mass is 287 g/mol. The second kappa shape index (κ2) is 8.39. The fraction of sp³-hybridized carbons (Fsp3) is 0.769. The van der Waals surface area contributed by atoms with Crippen molar-refractivity contribution in [3.05, 3.63) is 0 Å². The number of aliphatic carboxylic acids is 1. The molecule has 0 spiro atoms. The van der Waals surface area contributed by atoms with E-state index in [0.717, 1.165) is 0 Å². The van der Waals surface area contributed by atoms with E-state index in [1.165, 1.54) is 0 Å². The van der Waals surface area contributed by atoms with E-state index < -0.39 is 17.5 Å². The van der Waals surface area contributed by atoms with Crippen LogP contribution in [0.15, 0.2) is 0 Å². The van der Waals surface area contributed by atoms with Crippen LogP contribution < -0.4 is 16.0 Å². The number of hydrogen-bond acceptors (Lipinski definition) is 3. The third-order valence-electron chi connectivity index (χ3n) is 2.39. The first kappa shape index (κ1) is 18.2. The summed E-state index contributed by atoms with van der Waals surface area (Å²) in [4.78, 5) is 33.5. The molecule has 0 saturated heterocycles. The van der Waals surface area contributed by atoms with Gasteiger partial charge in [-0.2, -0.15) is 0 Å². The van der Waals surface area contributed by atoms with Crippen LogP contribution in [0.1, 0.15) is 40.5 Å². The lowest BCUT2D eigenvalue weighted by molar-refractivity contribution is -0.138. The van der Waals surface area contributed by atoms with Gasteiger partial charge in [-0.3, -0.25) is 9.59 Å². The predicted octanol–water partition coefficient (Wildman–Crippen LogP) is 0.701. The van der Waals surface area contributed by atoms with Crippen LogP contribution in [-0.2, 0) is 9.59 Å². The van der Waals surface area contributed by atoms with Gasteiger partial charge in [0.05, 0.1) is 6.42 Å². The van der Waals surface area contributed by atoms with Crippen LogP contribution in [0.4, 0.5) is 4.79 Å². The van der Waals surface area contributed by atoms with Gasteiger partial charge in [-0.1, -0.05) is 13.8 Å². The van der Waals surface area contributed by atoms with E-state index in [2.05, 4.69) is 16.0 Å². The fourth-order valence-corrected chi connectivity index (χ4v) is 1.47. The van der Waals surface area contributed by atoms with Crippen molar-refractivity contribution >= 4 is 17.9 Å². The molecule has 0 radical (unpaired) electrons. The Hall–Kier alpha value is -1.79. The van der Waals surface area contributed by atoms with Gasteiger partial charge in [-0.25, -0.2) is 4.79 Å². The molecule has 0 fully saturated rings. The van der Waals surface area contributed by atoms with Crippen molar-refractivity contribution in [1.82, 2.24) is 16.0 Å². The number of carboxylic acid groups (broad SMARTS) is 1. The number of carbonyl (C=O) groups excluding carboxylic acids is 2. The third kappa shape index (κ3) is 10.2. The van der Waals surface area contributed by atoms with Crippen molar-refractivity contribution in [2.75, 3.05) is 13.1 Å². The average Bonchev–Trinajstić information content (AvgIpc) is 2.23. The molecule has 4 N–H and O–H groups in total. The van der Waals surface area contributed by atoms with Gasteiger partial charge in [0, 0.05) is 25.0 Å². The van der Waals surface area contributed by atoms with Gasteiger partial charge in [0.15, 0.2) is 0 Å². The maximum absolute atomic E-state index is 11.5. The second-order valence-electron chi connectivity index (χ2n) is 5.78. The van der Waals surface area contributed by atoms with E-state index in [4.69, 9.17) is 5.11 Å². The van der Waals surface area contributed by atoms with Crippen LogP contribution in [0.3, 0.4) is 0 Å². The normalized spacial score (nSPS) is 11.1.